The third-order valence-corrected chi connectivity index (χ3v) is 4.06. The molecule has 0 unspecified atom stereocenters. The van der Waals surface area contributed by atoms with Crippen LogP contribution < -0.4 is 10.6 Å². The number of nitrogens with zero attached hydrogens (tertiary/aromatic N) is 3. The molecule has 6 nitrogen and oxygen atoms in total. The topological polar surface area (TPSA) is 63.9 Å². The lowest BCUT2D eigenvalue weighted by atomic mass is 10.2. The Bertz CT molecular complexity index is 828. The number of thiocarbonyl (C=S) groups is 1. The van der Waals surface area contributed by atoms with Gasteiger partial charge in [-0.15, -0.1) is 0 Å². The van der Waals surface area contributed by atoms with E-state index in [4.69, 9.17) is 12.2 Å². The summed E-state index contributed by atoms with van der Waals surface area (Å²) in [5, 5.41) is 10.2. The molecule has 1 saturated heterocycles. The van der Waals surface area contributed by atoms with Gasteiger partial charge in [0.1, 0.15) is 11.5 Å². The van der Waals surface area contributed by atoms with Crippen LogP contribution in [0.25, 0.3) is 11.9 Å². The minimum Gasteiger partial charge on any atom is -0.328 e. The van der Waals surface area contributed by atoms with Crippen molar-refractivity contribution in [2.45, 2.75) is 33.7 Å². The van der Waals surface area contributed by atoms with E-state index in [0.717, 1.165) is 22.8 Å². The van der Waals surface area contributed by atoms with Crippen molar-refractivity contribution in [1.29, 1.82) is 0 Å². The molecule has 7 heteroatoms. The van der Waals surface area contributed by atoms with Crippen molar-refractivity contribution in [3.05, 3.63) is 41.0 Å². The molecule has 0 spiro atoms. The van der Waals surface area contributed by atoms with Crippen LogP contribution in [0.3, 0.4) is 0 Å². The number of amides is 1. The molecule has 2 N–H and O–H groups in total. The SMILES string of the molecule is Cc1cc(/C=C2\NC(=S)NC2=O)c(C)n1-c1ccnn1C(C)C. The fourth-order valence-electron chi connectivity index (χ4n) is 2.81. The number of rotatable bonds is 3. The van der Waals surface area contributed by atoms with Gasteiger partial charge in [0.2, 0.25) is 0 Å². The minimum atomic E-state index is -0.202. The van der Waals surface area contributed by atoms with Crippen LogP contribution in [-0.4, -0.2) is 25.4 Å². The number of hydrogen-bond acceptors (Lipinski definition) is 3. The molecule has 1 amide bonds. The minimum absolute atomic E-state index is 0.202. The zero-order valence-electron chi connectivity index (χ0n) is 13.5. The third kappa shape index (κ3) is 2.68. The summed E-state index contributed by atoms with van der Waals surface area (Å²) >= 11 is 4.96. The fourth-order valence-corrected chi connectivity index (χ4v) is 3.01. The maximum atomic E-state index is 11.8. The van der Waals surface area contributed by atoms with E-state index < -0.39 is 0 Å². The van der Waals surface area contributed by atoms with Crippen molar-refractivity contribution in [1.82, 2.24) is 25.0 Å². The molecule has 3 heterocycles. The molecular weight excluding hydrogens is 310 g/mol. The average Bonchev–Trinajstić information content (AvgIpc) is 3.11. The number of hydrogen-bond donors (Lipinski definition) is 2. The van der Waals surface area contributed by atoms with Crippen LogP contribution in [0.1, 0.15) is 36.8 Å². The quantitative estimate of drug-likeness (QED) is 0.669. The van der Waals surface area contributed by atoms with Gasteiger partial charge in [0, 0.05) is 23.5 Å². The average molecular weight is 329 g/mol. The van der Waals surface area contributed by atoms with Crippen LogP contribution in [-0.2, 0) is 4.79 Å². The second-order valence-corrected chi connectivity index (χ2v) is 6.26. The Morgan fingerprint density at radius 2 is 2.04 bits per heavy atom. The summed E-state index contributed by atoms with van der Waals surface area (Å²) in [6.45, 7) is 8.27. The van der Waals surface area contributed by atoms with E-state index in [9.17, 15) is 4.79 Å². The number of carbonyl (C=O) groups is 1. The highest BCUT2D eigenvalue weighted by Crippen LogP contribution is 2.24. The van der Waals surface area contributed by atoms with Crippen molar-refractivity contribution >= 4 is 29.3 Å². The predicted octanol–water partition coefficient (Wildman–Crippen LogP) is 2.22. The lowest BCUT2D eigenvalue weighted by Crippen LogP contribution is -2.21. The monoisotopic (exact) mass is 329 g/mol. The Kier molecular flexibility index (Phi) is 3.81. The number of aromatic nitrogens is 3. The number of carbonyl (C=O) groups excluding carboxylic acids is 1. The van der Waals surface area contributed by atoms with Crippen LogP contribution in [0.5, 0.6) is 0 Å². The second-order valence-electron chi connectivity index (χ2n) is 5.86. The summed E-state index contributed by atoms with van der Waals surface area (Å²) in [7, 11) is 0. The Hall–Kier alpha value is -2.41. The van der Waals surface area contributed by atoms with Gasteiger partial charge in [-0.3, -0.25) is 10.1 Å². The van der Waals surface area contributed by atoms with Gasteiger partial charge in [0.15, 0.2) is 5.11 Å². The van der Waals surface area contributed by atoms with Gasteiger partial charge in [-0.2, -0.15) is 5.10 Å². The molecule has 120 valence electrons. The summed E-state index contributed by atoms with van der Waals surface area (Å²) in [5.41, 5.74) is 3.57. The summed E-state index contributed by atoms with van der Waals surface area (Å²) in [6, 6.07) is 4.31. The van der Waals surface area contributed by atoms with Gasteiger partial charge in [-0.05, 0) is 57.6 Å². The van der Waals surface area contributed by atoms with E-state index in [1.807, 2.05) is 30.7 Å². The first-order valence-electron chi connectivity index (χ1n) is 7.45. The summed E-state index contributed by atoms with van der Waals surface area (Å²) < 4.78 is 4.12. The Morgan fingerprint density at radius 1 is 1.30 bits per heavy atom. The lowest BCUT2D eigenvalue weighted by Gasteiger charge is -2.15. The smallest absolute Gasteiger partial charge is 0.273 e. The van der Waals surface area contributed by atoms with Gasteiger partial charge < -0.3 is 9.88 Å². The van der Waals surface area contributed by atoms with Gasteiger partial charge in [0.25, 0.3) is 5.91 Å². The van der Waals surface area contributed by atoms with Crippen molar-refractivity contribution in [2.75, 3.05) is 0 Å². The van der Waals surface area contributed by atoms with E-state index in [1.54, 1.807) is 6.20 Å². The fraction of sp³-hybridized carbons (Fsp3) is 0.312. The molecule has 0 aromatic carbocycles. The second kappa shape index (κ2) is 5.66. The molecule has 0 saturated carbocycles. The highest BCUT2D eigenvalue weighted by molar-refractivity contribution is 7.80. The molecule has 0 atom stereocenters. The van der Waals surface area contributed by atoms with Crippen LogP contribution in [0.2, 0.25) is 0 Å². The van der Waals surface area contributed by atoms with Crippen LogP contribution in [0.15, 0.2) is 24.0 Å². The van der Waals surface area contributed by atoms with Gasteiger partial charge in [-0.25, -0.2) is 4.68 Å². The first-order valence-corrected chi connectivity index (χ1v) is 7.86. The zero-order chi connectivity index (χ0) is 16.7. The van der Waals surface area contributed by atoms with Crippen LogP contribution in [0, 0.1) is 13.8 Å². The van der Waals surface area contributed by atoms with E-state index >= 15 is 0 Å². The molecule has 23 heavy (non-hydrogen) atoms. The highest BCUT2D eigenvalue weighted by Gasteiger charge is 2.21. The predicted molar refractivity (Wildman–Crippen MR) is 93.3 cm³/mol. The van der Waals surface area contributed by atoms with E-state index in [0.29, 0.717) is 10.8 Å². The molecule has 0 bridgehead atoms. The summed E-state index contributed by atoms with van der Waals surface area (Å²) in [5.74, 6) is 0.811. The van der Waals surface area contributed by atoms with Crippen LogP contribution in [0.4, 0.5) is 0 Å². The van der Waals surface area contributed by atoms with E-state index in [1.165, 1.54) is 0 Å². The third-order valence-electron chi connectivity index (χ3n) is 3.86. The zero-order valence-corrected chi connectivity index (χ0v) is 14.4. The summed E-state index contributed by atoms with van der Waals surface area (Å²) in [4.78, 5) is 11.8. The van der Waals surface area contributed by atoms with Crippen molar-refractivity contribution in [2.24, 2.45) is 0 Å². The maximum absolute atomic E-state index is 11.8. The molecule has 3 rings (SSSR count). The molecule has 1 aliphatic heterocycles. The molecule has 0 radical (unpaired) electrons. The van der Waals surface area contributed by atoms with E-state index in [2.05, 4.69) is 40.2 Å². The summed E-state index contributed by atoms with van der Waals surface area (Å²) in [6.07, 6.45) is 3.63. The Labute approximate surface area is 140 Å². The van der Waals surface area contributed by atoms with Crippen molar-refractivity contribution < 1.29 is 4.79 Å². The molecule has 1 fully saturated rings. The Morgan fingerprint density at radius 3 is 2.65 bits per heavy atom. The largest absolute Gasteiger partial charge is 0.328 e. The normalized spacial score (nSPS) is 16.3. The van der Waals surface area contributed by atoms with Gasteiger partial charge in [-0.1, -0.05) is 0 Å². The van der Waals surface area contributed by atoms with Crippen molar-refractivity contribution in [3.8, 4) is 5.82 Å². The molecular formula is C16H19N5OS. The molecule has 0 aliphatic carbocycles. The van der Waals surface area contributed by atoms with Crippen LogP contribution >= 0.6 is 12.2 Å². The molecule has 2 aromatic heterocycles. The lowest BCUT2D eigenvalue weighted by molar-refractivity contribution is -0.115. The van der Waals surface area contributed by atoms with Gasteiger partial charge >= 0.3 is 0 Å². The standard InChI is InChI=1S/C16H19N5OS/c1-9(2)21-14(5-6-17-21)20-10(3)7-12(11(20)4)8-13-15(22)19-16(23)18-13/h5-9H,1-4H3,(H2,18,19,22,23)/b13-8-. The molecule has 2 aromatic rings. The van der Waals surface area contributed by atoms with E-state index in [-0.39, 0.29) is 11.9 Å². The first kappa shape index (κ1) is 15.5. The number of nitrogens with one attached hydrogen (secondary N) is 2. The van der Waals surface area contributed by atoms with Crippen molar-refractivity contribution in [3.63, 3.8) is 0 Å². The highest BCUT2D eigenvalue weighted by atomic mass is 32.1. The molecule has 1 aliphatic rings. The van der Waals surface area contributed by atoms with Gasteiger partial charge in [0.05, 0.1) is 6.20 Å². The Balaban J connectivity index is 2.07. The maximum Gasteiger partial charge on any atom is 0.273 e. The first-order chi connectivity index (χ1) is 10.9. The number of aryl methyl sites for hydroxylation is 1.